The molecule has 0 bridgehead atoms. The Balaban J connectivity index is 1.33. The predicted molar refractivity (Wildman–Crippen MR) is 168 cm³/mol. The Kier molecular flexibility index (Phi) is 9.50. The van der Waals surface area contributed by atoms with Crippen LogP contribution in [-0.4, -0.2) is 30.3 Å². The summed E-state index contributed by atoms with van der Waals surface area (Å²) in [7, 11) is 0. The number of aliphatic hydroxyl groups is 1. The minimum absolute atomic E-state index is 0.0604. The second-order valence-electron chi connectivity index (χ2n) is 11.1. The van der Waals surface area contributed by atoms with Gasteiger partial charge in [-0.2, -0.15) is 0 Å². The fourth-order valence-corrected chi connectivity index (χ4v) is 5.93. The van der Waals surface area contributed by atoms with Gasteiger partial charge in [-0.15, -0.1) is 0 Å². The number of carbonyl (C=O) groups is 2. The molecule has 0 aliphatic rings. The molecule has 5 nitrogen and oxygen atoms in total. The lowest BCUT2D eigenvalue weighted by atomic mass is 9.83. The van der Waals surface area contributed by atoms with E-state index in [4.69, 9.17) is 9.47 Å². The van der Waals surface area contributed by atoms with Gasteiger partial charge in [0.25, 0.3) is 0 Å². The lowest BCUT2D eigenvalue weighted by Crippen LogP contribution is -2.27. The maximum atomic E-state index is 13.5. The third kappa shape index (κ3) is 6.63. The Bertz CT molecular complexity index is 1640. The Labute approximate surface area is 247 Å². The predicted octanol–water partition coefficient (Wildman–Crippen LogP) is 7.95. The number of benzene rings is 5. The van der Waals surface area contributed by atoms with Crippen LogP contribution in [-0.2, 0) is 25.7 Å². The van der Waals surface area contributed by atoms with Gasteiger partial charge >= 0.3 is 11.9 Å². The van der Waals surface area contributed by atoms with E-state index in [2.05, 4.69) is 67.6 Å². The second-order valence-corrected chi connectivity index (χ2v) is 11.1. The molecule has 42 heavy (non-hydrogen) atoms. The zero-order valence-electron chi connectivity index (χ0n) is 24.3. The molecule has 0 fully saturated rings. The van der Waals surface area contributed by atoms with Gasteiger partial charge in [-0.3, -0.25) is 9.59 Å². The highest BCUT2D eigenvalue weighted by atomic mass is 16.5. The summed E-state index contributed by atoms with van der Waals surface area (Å²) < 4.78 is 11.3. The van der Waals surface area contributed by atoms with Crippen molar-refractivity contribution in [3.05, 3.63) is 108 Å². The molecule has 5 aromatic rings. The van der Waals surface area contributed by atoms with Crippen LogP contribution in [0, 0.1) is 11.8 Å². The number of rotatable bonds is 12. The van der Waals surface area contributed by atoms with Crippen molar-refractivity contribution in [3.63, 3.8) is 0 Å². The average Bonchev–Trinajstić information content (AvgIpc) is 3.03. The first-order chi connectivity index (χ1) is 20.5. The van der Waals surface area contributed by atoms with Gasteiger partial charge in [0.1, 0.15) is 13.2 Å². The zero-order valence-corrected chi connectivity index (χ0v) is 24.3. The van der Waals surface area contributed by atoms with E-state index in [1.165, 1.54) is 5.39 Å². The lowest BCUT2D eigenvalue weighted by molar-refractivity contribution is -0.154. The molecule has 0 radical (unpaired) electrons. The molecule has 0 heterocycles. The van der Waals surface area contributed by atoms with Crippen LogP contribution in [0.5, 0.6) is 0 Å². The molecule has 3 unspecified atom stereocenters. The maximum Gasteiger partial charge on any atom is 0.309 e. The molecular weight excluding hydrogens is 524 g/mol. The van der Waals surface area contributed by atoms with Gasteiger partial charge in [0.15, 0.2) is 0 Å². The van der Waals surface area contributed by atoms with Crippen molar-refractivity contribution in [1.82, 2.24) is 0 Å². The molecule has 0 spiro atoms. The summed E-state index contributed by atoms with van der Waals surface area (Å²) in [6.45, 7) is 3.90. The summed E-state index contributed by atoms with van der Waals surface area (Å²) in [5.41, 5.74) is 2.11. The zero-order chi connectivity index (χ0) is 29.5. The Morgan fingerprint density at radius 2 is 1.29 bits per heavy atom. The van der Waals surface area contributed by atoms with Gasteiger partial charge in [0.2, 0.25) is 0 Å². The Morgan fingerprint density at radius 3 is 1.93 bits per heavy atom. The third-order valence-corrected chi connectivity index (χ3v) is 8.29. The van der Waals surface area contributed by atoms with Crippen LogP contribution in [0.25, 0.3) is 32.3 Å². The lowest BCUT2D eigenvalue weighted by Gasteiger charge is -2.24. The first-order valence-corrected chi connectivity index (χ1v) is 14.8. The highest BCUT2D eigenvalue weighted by Crippen LogP contribution is 2.33. The van der Waals surface area contributed by atoms with Crippen LogP contribution < -0.4 is 0 Å². The average molecular weight is 563 g/mol. The summed E-state index contributed by atoms with van der Waals surface area (Å²) in [6.07, 6.45) is 1.40. The van der Waals surface area contributed by atoms with Crippen LogP contribution in [0.1, 0.15) is 50.2 Å². The van der Waals surface area contributed by atoms with E-state index in [0.717, 1.165) is 38.1 Å². The SMILES string of the molecule is CCC(CC(CC(C)c1ccc2ccccc2c1)C(=O)OCCO)C(=O)OCc1c2ccccc2cc2ccccc12. The fourth-order valence-electron chi connectivity index (χ4n) is 5.93. The molecule has 216 valence electrons. The van der Waals surface area contributed by atoms with E-state index in [0.29, 0.717) is 19.3 Å². The molecule has 5 aromatic carbocycles. The molecule has 0 saturated heterocycles. The highest BCUT2D eigenvalue weighted by molar-refractivity contribution is 6.02. The number of esters is 2. The number of hydrogen-bond acceptors (Lipinski definition) is 5. The standard InChI is InChI=1S/C37H38O5/c1-3-26(36(39)42-24-35-33-14-8-6-12-30(33)23-31-13-7-9-15-34(31)35)21-32(37(40)41-19-18-38)20-25(2)28-17-16-27-10-4-5-11-29(27)22-28/h4-17,22-23,25-26,32,38H,3,18-21,24H2,1-2H3. The number of hydrogen-bond donors (Lipinski definition) is 1. The van der Waals surface area contributed by atoms with Gasteiger partial charge < -0.3 is 14.6 Å². The number of fused-ring (bicyclic) bond motifs is 3. The van der Waals surface area contributed by atoms with Crippen molar-refractivity contribution in [2.45, 2.75) is 45.6 Å². The first-order valence-electron chi connectivity index (χ1n) is 14.8. The number of carbonyl (C=O) groups excluding carboxylic acids is 2. The van der Waals surface area contributed by atoms with Gasteiger partial charge in [0.05, 0.1) is 18.4 Å². The van der Waals surface area contributed by atoms with E-state index < -0.39 is 11.8 Å². The molecule has 0 saturated carbocycles. The van der Waals surface area contributed by atoms with Gasteiger partial charge in [-0.1, -0.05) is 105 Å². The largest absolute Gasteiger partial charge is 0.463 e. The molecule has 1 N–H and O–H groups in total. The van der Waals surface area contributed by atoms with E-state index in [1.54, 1.807) is 0 Å². The third-order valence-electron chi connectivity index (χ3n) is 8.29. The van der Waals surface area contributed by atoms with Gasteiger partial charge in [-0.05, 0) is 69.1 Å². The number of aliphatic hydroxyl groups excluding tert-OH is 1. The van der Waals surface area contributed by atoms with E-state index in [1.807, 2.05) is 43.3 Å². The summed E-state index contributed by atoms with van der Waals surface area (Å²) in [4.78, 5) is 26.6. The van der Waals surface area contributed by atoms with Crippen LogP contribution in [0.2, 0.25) is 0 Å². The monoisotopic (exact) mass is 562 g/mol. The van der Waals surface area contributed by atoms with Crippen molar-refractivity contribution in [2.75, 3.05) is 13.2 Å². The van der Waals surface area contributed by atoms with Crippen molar-refractivity contribution in [3.8, 4) is 0 Å². The molecule has 0 aliphatic heterocycles. The second kappa shape index (κ2) is 13.6. The fraction of sp³-hybridized carbons (Fsp3) is 0.297. The van der Waals surface area contributed by atoms with Crippen LogP contribution in [0.4, 0.5) is 0 Å². The summed E-state index contributed by atoms with van der Waals surface area (Å²) in [5.74, 6) is -1.59. The minimum Gasteiger partial charge on any atom is -0.463 e. The van der Waals surface area contributed by atoms with Crippen molar-refractivity contribution >= 4 is 44.3 Å². The molecule has 0 amide bonds. The molecule has 0 aromatic heterocycles. The highest BCUT2D eigenvalue weighted by Gasteiger charge is 2.30. The van der Waals surface area contributed by atoms with E-state index >= 15 is 0 Å². The summed E-state index contributed by atoms with van der Waals surface area (Å²) in [6, 6.07) is 33.0. The van der Waals surface area contributed by atoms with Gasteiger partial charge in [-0.25, -0.2) is 0 Å². The minimum atomic E-state index is -0.506. The van der Waals surface area contributed by atoms with Crippen molar-refractivity contribution in [2.24, 2.45) is 11.8 Å². The van der Waals surface area contributed by atoms with Crippen LogP contribution >= 0.6 is 0 Å². The smallest absolute Gasteiger partial charge is 0.309 e. The van der Waals surface area contributed by atoms with E-state index in [-0.39, 0.29) is 37.7 Å². The molecule has 5 heteroatoms. The van der Waals surface area contributed by atoms with Crippen molar-refractivity contribution in [1.29, 1.82) is 0 Å². The topological polar surface area (TPSA) is 72.8 Å². The summed E-state index contributed by atoms with van der Waals surface area (Å²) >= 11 is 0. The normalized spacial score (nSPS) is 13.6. The molecular formula is C37H38O5. The maximum absolute atomic E-state index is 13.5. The first kappa shape index (κ1) is 29.3. The van der Waals surface area contributed by atoms with Crippen molar-refractivity contribution < 1.29 is 24.2 Å². The van der Waals surface area contributed by atoms with E-state index in [9.17, 15) is 14.7 Å². The molecule has 0 aliphatic carbocycles. The molecule has 3 atom stereocenters. The Hall–Kier alpha value is -4.22. The quantitative estimate of drug-likeness (QED) is 0.123. The molecule has 5 rings (SSSR count). The van der Waals surface area contributed by atoms with Crippen LogP contribution in [0.3, 0.4) is 0 Å². The number of ether oxygens (including phenoxy) is 2. The van der Waals surface area contributed by atoms with Crippen LogP contribution in [0.15, 0.2) is 97.1 Å². The van der Waals surface area contributed by atoms with Gasteiger partial charge in [0, 0.05) is 5.56 Å². The Morgan fingerprint density at radius 1 is 0.690 bits per heavy atom. The summed E-state index contributed by atoms with van der Waals surface area (Å²) in [5, 5.41) is 15.9.